The largest absolute Gasteiger partial charge is 0.493 e. The number of rotatable bonds is 5. The second-order valence-electron chi connectivity index (χ2n) is 5.40. The summed E-state index contributed by atoms with van der Waals surface area (Å²) >= 11 is 0. The summed E-state index contributed by atoms with van der Waals surface area (Å²) < 4.78 is 15.5. The van der Waals surface area contributed by atoms with Crippen molar-refractivity contribution in [1.82, 2.24) is 5.32 Å². The fourth-order valence-electron chi connectivity index (χ4n) is 1.61. The van der Waals surface area contributed by atoms with Crippen LogP contribution in [0.1, 0.15) is 26.3 Å². The maximum atomic E-state index is 11.5. The van der Waals surface area contributed by atoms with Crippen LogP contribution in [0.4, 0.5) is 4.79 Å². The van der Waals surface area contributed by atoms with Gasteiger partial charge >= 0.3 is 6.09 Å². The van der Waals surface area contributed by atoms with Crippen LogP contribution in [0.3, 0.4) is 0 Å². The molecule has 0 spiro atoms. The van der Waals surface area contributed by atoms with E-state index in [-0.39, 0.29) is 0 Å². The van der Waals surface area contributed by atoms with Crippen molar-refractivity contribution in [2.24, 2.45) is 0 Å². The van der Waals surface area contributed by atoms with E-state index in [1.165, 1.54) is 0 Å². The van der Waals surface area contributed by atoms with Crippen LogP contribution in [-0.2, 0) is 4.74 Å². The molecule has 0 unspecified atom stereocenters. The van der Waals surface area contributed by atoms with Crippen LogP contribution in [0.2, 0.25) is 0 Å². The summed E-state index contributed by atoms with van der Waals surface area (Å²) in [5.74, 6) is 1.35. The maximum absolute atomic E-state index is 11.5. The lowest BCUT2D eigenvalue weighted by Gasteiger charge is -2.19. The molecule has 1 aromatic carbocycles. The summed E-state index contributed by atoms with van der Waals surface area (Å²) in [4.78, 5) is 11.5. The molecule has 0 aliphatic heterocycles. The molecule has 0 bridgehead atoms. The number of alkyl carbamates (subject to hydrolysis) is 1. The summed E-state index contributed by atoms with van der Waals surface area (Å²) in [5, 5.41) is 2.66. The van der Waals surface area contributed by atoms with Crippen molar-refractivity contribution in [3.05, 3.63) is 29.8 Å². The molecule has 0 radical (unpaired) electrons. The average Bonchev–Trinajstić information content (AvgIpc) is 2.41. The van der Waals surface area contributed by atoms with Gasteiger partial charge in [0.15, 0.2) is 11.5 Å². The van der Waals surface area contributed by atoms with Crippen molar-refractivity contribution in [3.63, 3.8) is 0 Å². The van der Waals surface area contributed by atoms with E-state index in [0.717, 1.165) is 5.56 Å². The first-order valence-corrected chi connectivity index (χ1v) is 6.71. The fraction of sp³-hybridized carbons (Fsp3) is 0.438. The quantitative estimate of drug-likeness (QED) is 0.905. The number of methoxy groups -OCH3 is 2. The molecule has 0 aromatic heterocycles. The van der Waals surface area contributed by atoms with Gasteiger partial charge in [-0.05, 0) is 38.5 Å². The van der Waals surface area contributed by atoms with Gasteiger partial charge in [0, 0.05) is 6.54 Å². The van der Waals surface area contributed by atoms with Crippen molar-refractivity contribution in [3.8, 4) is 11.5 Å². The Labute approximate surface area is 125 Å². The highest BCUT2D eigenvalue weighted by atomic mass is 16.6. The van der Waals surface area contributed by atoms with Crippen LogP contribution in [0.5, 0.6) is 11.5 Å². The predicted molar refractivity (Wildman–Crippen MR) is 82.8 cm³/mol. The molecule has 1 amide bonds. The Bertz CT molecular complexity index is 503. The Morgan fingerprint density at radius 1 is 1.19 bits per heavy atom. The monoisotopic (exact) mass is 293 g/mol. The number of nitrogens with one attached hydrogen (secondary N) is 1. The van der Waals surface area contributed by atoms with Gasteiger partial charge in [-0.25, -0.2) is 4.79 Å². The molecule has 5 heteroatoms. The number of hydrogen-bond acceptors (Lipinski definition) is 4. The van der Waals surface area contributed by atoms with Crippen molar-refractivity contribution < 1.29 is 19.0 Å². The second-order valence-corrected chi connectivity index (χ2v) is 5.40. The van der Waals surface area contributed by atoms with Crippen molar-refractivity contribution >= 4 is 12.2 Å². The van der Waals surface area contributed by atoms with Gasteiger partial charge in [0.25, 0.3) is 0 Å². The minimum Gasteiger partial charge on any atom is -0.493 e. The van der Waals surface area contributed by atoms with Crippen LogP contribution in [-0.4, -0.2) is 32.5 Å². The molecule has 0 aliphatic rings. The van der Waals surface area contributed by atoms with Gasteiger partial charge in [-0.1, -0.05) is 18.2 Å². The number of amides is 1. The van der Waals surface area contributed by atoms with Gasteiger partial charge in [-0.2, -0.15) is 0 Å². The average molecular weight is 293 g/mol. The Balaban J connectivity index is 2.52. The van der Waals surface area contributed by atoms with Gasteiger partial charge in [0.1, 0.15) is 5.60 Å². The van der Waals surface area contributed by atoms with E-state index in [4.69, 9.17) is 14.2 Å². The highest BCUT2D eigenvalue weighted by molar-refractivity contribution is 5.68. The molecule has 0 saturated carbocycles. The first-order chi connectivity index (χ1) is 9.85. The van der Waals surface area contributed by atoms with Gasteiger partial charge < -0.3 is 19.5 Å². The third-order valence-electron chi connectivity index (χ3n) is 2.48. The van der Waals surface area contributed by atoms with Crippen molar-refractivity contribution in [1.29, 1.82) is 0 Å². The van der Waals surface area contributed by atoms with E-state index < -0.39 is 11.7 Å². The molecule has 0 saturated heterocycles. The standard InChI is InChI=1S/C16H23NO4/c1-16(2,3)21-15(18)17-10-6-7-12-8-9-13(19-4)14(11-12)20-5/h6-9,11H,10H2,1-5H3,(H,17,18). The normalized spacial score (nSPS) is 11.3. The zero-order valence-electron chi connectivity index (χ0n) is 13.2. The summed E-state index contributed by atoms with van der Waals surface area (Å²) in [6.45, 7) is 5.87. The van der Waals surface area contributed by atoms with Crippen LogP contribution >= 0.6 is 0 Å². The van der Waals surface area contributed by atoms with Crippen molar-refractivity contribution in [2.75, 3.05) is 20.8 Å². The first kappa shape index (κ1) is 16.9. The molecular weight excluding hydrogens is 270 g/mol. The number of carbonyl (C=O) groups excluding carboxylic acids is 1. The molecule has 5 nitrogen and oxygen atoms in total. The Kier molecular flexibility index (Phi) is 6.09. The zero-order chi connectivity index (χ0) is 15.9. The molecule has 0 fully saturated rings. The summed E-state index contributed by atoms with van der Waals surface area (Å²) in [7, 11) is 3.19. The molecule has 0 aliphatic carbocycles. The van der Waals surface area contributed by atoms with Crippen LogP contribution in [0, 0.1) is 0 Å². The van der Waals surface area contributed by atoms with Crippen molar-refractivity contribution in [2.45, 2.75) is 26.4 Å². The molecule has 0 heterocycles. The number of ether oxygens (including phenoxy) is 3. The summed E-state index contributed by atoms with van der Waals surface area (Å²) in [5.41, 5.74) is 0.468. The molecule has 1 rings (SSSR count). The van der Waals surface area contributed by atoms with Crippen LogP contribution in [0.15, 0.2) is 24.3 Å². The lowest BCUT2D eigenvalue weighted by Crippen LogP contribution is -2.32. The SMILES string of the molecule is COc1ccc(C=CCNC(=O)OC(C)(C)C)cc1OC. The molecule has 1 N–H and O–H groups in total. The molecule has 116 valence electrons. The third-order valence-corrected chi connectivity index (χ3v) is 2.48. The lowest BCUT2D eigenvalue weighted by molar-refractivity contribution is 0.0534. The fourth-order valence-corrected chi connectivity index (χ4v) is 1.61. The lowest BCUT2D eigenvalue weighted by atomic mass is 10.2. The van der Waals surface area contributed by atoms with Crippen LogP contribution < -0.4 is 14.8 Å². The first-order valence-electron chi connectivity index (χ1n) is 6.71. The Morgan fingerprint density at radius 2 is 1.86 bits per heavy atom. The molecule has 1 aromatic rings. The minimum atomic E-state index is -0.489. The number of hydrogen-bond donors (Lipinski definition) is 1. The summed E-state index contributed by atoms with van der Waals surface area (Å²) in [6.07, 6.45) is 3.30. The third kappa shape index (κ3) is 6.21. The molecule has 0 atom stereocenters. The smallest absolute Gasteiger partial charge is 0.407 e. The van der Waals surface area contributed by atoms with E-state index in [9.17, 15) is 4.79 Å². The Morgan fingerprint density at radius 3 is 2.43 bits per heavy atom. The van der Waals surface area contributed by atoms with E-state index in [2.05, 4.69) is 5.32 Å². The van der Waals surface area contributed by atoms with Gasteiger partial charge in [0.05, 0.1) is 14.2 Å². The topological polar surface area (TPSA) is 56.8 Å². The number of benzene rings is 1. The highest BCUT2D eigenvalue weighted by Gasteiger charge is 2.14. The van der Waals surface area contributed by atoms with E-state index >= 15 is 0 Å². The maximum Gasteiger partial charge on any atom is 0.407 e. The molecule has 21 heavy (non-hydrogen) atoms. The van der Waals surface area contributed by atoms with Gasteiger partial charge in [0.2, 0.25) is 0 Å². The highest BCUT2D eigenvalue weighted by Crippen LogP contribution is 2.27. The van der Waals surface area contributed by atoms with E-state index in [1.54, 1.807) is 14.2 Å². The predicted octanol–water partition coefficient (Wildman–Crippen LogP) is 3.24. The van der Waals surface area contributed by atoms with E-state index in [1.807, 2.05) is 51.1 Å². The van der Waals surface area contributed by atoms with E-state index in [0.29, 0.717) is 18.0 Å². The van der Waals surface area contributed by atoms with Crippen LogP contribution in [0.25, 0.3) is 6.08 Å². The minimum absolute atomic E-state index is 0.392. The zero-order valence-corrected chi connectivity index (χ0v) is 13.2. The number of carbonyl (C=O) groups is 1. The van der Waals surface area contributed by atoms with Gasteiger partial charge in [-0.15, -0.1) is 0 Å². The second kappa shape index (κ2) is 7.57. The summed E-state index contributed by atoms with van der Waals surface area (Å²) in [6, 6.07) is 5.61. The Hall–Kier alpha value is -2.17. The molecular formula is C16H23NO4. The van der Waals surface area contributed by atoms with Gasteiger partial charge in [-0.3, -0.25) is 0 Å².